The summed E-state index contributed by atoms with van der Waals surface area (Å²) in [5.41, 5.74) is 3.17. The van der Waals surface area contributed by atoms with Crippen LogP contribution in [0.1, 0.15) is 43.1 Å². The van der Waals surface area contributed by atoms with Gasteiger partial charge in [0.05, 0.1) is 0 Å². The Balaban J connectivity index is 1.72. The standard InChI is InChI=1S/C20H26N2O/c1-20(2,3)17-12-10-16(11-13-17)19(23)22-15-7-14-21-18-8-5-4-6-9-18/h4-6,8-13,21H,7,14-15H2,1-3H3,(H,22,23). The summed E-state index contributed by atoms with van der Waals surface area (Å²) in [5.74, 6) is -0.00910. The van der Waals surface area contributed by atoms with Gasteiger partial charge in [-0.25, -0.2) is 0 Å². The number of carbonyl (C=O) groups is 1. The van der Waals surface area contributed by atoms with E-state index in [4.69, 9.17) is 0 Å². The number of para-hydroxylation sites is 1. The molecule has 0 spiro atoms. The maximum absolute atomic E-state index is 12.1. The van der Waals surface area contributed by atoms with E-state index in [1.165, 1.54) is 5.56 Å². The van der Waals surface area contributed by atoms with Gasteiger partial charge >= 0.3 is 0 Å². The van der Waals surface area contributed by atoms with E-state index in [2.05, 4.69) is 31.4 Å². The number of rotatable bonds is 6. The number of carbonyl (C=O) groups excluding carboxylic acids is 1. The molecule has 2 aromatic carbocycles. The highest BCUT2D eigenvalue weighted by atomic mass is 16.1. The molecule has 1 amide bonds. The van der Waals surface area contributed by atoms with Crippen molar-refractivity contribution < 1.29 is 4.79 Å². The lowest BCUT2D eigenvalue weighted by molar-refractivity contribution is 0.0953. The second-order valence-corrected chi connectivity index (χ2v) is 6.73. The lowest BCUT2D eigenvalue weighted by Gasteiger charge is -2.19. The molecule has 0 bridgehead atoms. The first kappa shape index (κ1) is 17.1. The van der Waals surface area contributed by atoms with Crippen LogP contribution in [0.4, 0.5) is 5.69 Å². The van der Waals surface area contributed by atoms with Gasteiger partial charge in [0.25, 0.3) is 5.91 Å². The number of nitrogens with one attached hydrogen (secondary N) is 2. The first-order valence-electron chi connectivity index (χ1n) is 8.14. The Hall–Kier alpha value is -2.29. The van der Waals surface area contributed by atoms with Gasteiger partial charge in [-0.05, 0) is 41.7 Å². The van der Waals surface area contributed by atoms with Crippen LogP contribution < -0.4 is 10.6 Å². The Morgan fingerprint density at radius 3 is 2.17 bits per heavy atom. The third kappa shape index (κ3) is 5.44. The molecule has 122 valence electrons. The van der Waals surface area contributed by atoms with Crippen molar-refractivity contribution in [3.63, 3.8) is 0 Å². The van der Waals surface area contributed by atoms with Crippen LogP contribution >= 0.6 is 0 Å². The monoisotopic (exact) mass is 310 g/mol. The Kier molecular flexibility index (Phi) is 5.80. The fraction of sp³-hybridized carbons (Fsp3) is 0.350. The third-order valence-electron chi connectivity index (χ3n) is 3.76. The molecule has 0 heterocycles. The maximum Gasteiger partial charge on any atom is 0.251 e. The lowest BCUT2D eigenvalue weighted by Crippen LogP contribution is -2.26. The molecule has 0 saturated heterocycles. The smallest absolute Gasteiger partial charge is 0.251 e. The van der Waals surface area contributed by atoms with E-state index >= 15 is 0 Å². The molecule has 0 unspecified atom stereocenters. The average molecular weight is 310 g/mol. The fourth-order valence-corrected chi connectivity index (χ4v) is 2.30. The highest BCUT2D eigenvalue weighted by Gasteiger charge is 2.14. The predicted octanol–water partition coefficient (Wildman–Crippen LogP) is 4.22. The summed E-state index contributed by atoms with van der Waals surface area (Å²) in [6, 6.07) is 18.0. The van der Waals surface area contributed by atoms with Gasteiger partial charge in [-0.3, -0.25) is 4.79 Å². The minimum atomic E-state index is -0.00910. The van der Waals surface area contributed by atoms with Crippen LogP contribution in [0.2, 0.25) is 0 Å². The van der Waals surface area contributed by atoms with Gasteiger partial charge in [-0.2, -0.15) is 0 Å². The molecule has 2 rings (SSSR count). The third-order valence-corrected chi connectivity index (χ3v) is 3.76. The maximum atomic E-state index is 12.1. The first-order valence-corrected chi connectivity index (χ1v) is 8.14. The van der Waals surface area contributed by atoms with E-state index in [1.807, 2.05) is 54.6 Å². The molecular formula is C20H26N2O. The molecule has 3 nitrogen and oxygen atoms in total. The molecule has 0 fully saturated rings. The highest BCUT2D eigenvalue weighted by molar-refractivity contribution is 5.94. The van der Waals surface area contributed by atoms with Crippen LogP contribution in [0.5, 0.6) is 0 Å². The van der Waals surface area contributed by atoms with Crippen molar-refractivity contribution >= 4 is 11.6 Å². The molecule has 3 heteroatoms. The van der Waals surface area contributed by atoms with E-state index in [0.29, 0.717) is 12.1 Å². The molecule has 2 aromatic rings. The summed E-state index contributed by atoms with van der Waals surface area (Å²) in [6.07, 6.45) is 0.890. The molecule has 23 heavy (non-hydrogen) atoms. The molecule has 0 radical (unpaired) electrons. The molecule has 0 aliphatic carbocycles. The average Bonchev–Trinajstić information content (AvgIpc) is 2.54. The van der Waals surface area contributed by atoms with Crippen LogP contribution in [0.15, 0.2) is 54.6 Å². The fourth-order valence-electron chi connectivity index (χ4n) is 2.30. The van der Waals surface area contributed by atoms with Crippen molar-refractivity contribution in [3.8, 4) is 0 Å². The summed E-state index contributed by atoms with van der Waals surface area (Å²) >= 11 is 0. The van der Waals surface area contributed by atoms with E-state index in [0.717, 1.165) is 18.7 Å². The van der Waals surface area contributed by atoms with Crippen LogP contribution in [-0.4, -0.2) is 19.0 Å². The Morgan fingerprint density at radius 2 is 1.57 bits per heavy atom. The van der Waals surface area contributed by atoms with Crippen molar-refractivity contribution in [1.29, 1.82) is 0 Å². The summed E-state index contributed by atoms with van der Waals surface area (Å²) in [4.78, 5) is 12.1. The summed E-state index contributed by atoms with van der Waals surface area (Å²) < 4.78 is 0. The summed E-state index contributed by atoms with van der Waals surface area (Å²) in [7, 11) is 0. The van der Waals surface area contributed by atoms with Crippen molar-refractivity contribution in [3.05, 3.63) is 65.7 Å². The van der Waals surface area contributed by atoms with Gasteiger partial charge in [-0.1, -0.05) is 51.1 Å². The quantitative estimate of drug-likeness (QED) is 0.785. The Morgan fingerprint density at radius 1 is 0.913 bits per heavy atom. The van der Waals surface area contributed by atoms with Gasteiger partial charge in [-0.15, -0.1) is 0 Å². The number of amides is 1. The predicted molar refractivity (Wildman–Crippen MR) is 97.0 cm³/mol. The van der Waals surface area contributed by atoms with Crippen LogP contribution in [0.25, 0.3) is 0 Å². The molecule has 0 aromatic heterocycles. The summed E-state index contributed by atoms with van der Waals surface area (Å²) in [6.45, 7) is 8.01. The second-order valence-electron chi connectivity index (χ2n) is 6.73. The minimum Gasteiger partial charge on any atom is -0.385 e. The van der Waals surface area contributed by atoms with Gasteiger partial charge < -0.3 is 10.6 Å². The first-order chi connectivity index (χ1) is 11.0. The van der Waals surface area contributed by atoms with E-state index in [-0.39, 0.29) is 11.3 Å². The topological polar surface area (TPSA) is 41.1 Å². The molecule has 0 aliphatic rings. The van der Waals surface area contributed by atoms with Crippen molar-refractivity contribution in [2.24, 2.45) is 0 Å². The van der Waals surface area contributed by atoms with Crippen LogP contribution in [0.3, 0.4) is 0 Å². The number of hydrogen-bond donors (Lipinski definition) is 2. The van der Waals surface area contributed by atoms with Gasteiger partial charge in [0.2, 0.25) is 0 Å². The number of benzene rings is 2. The lowest BCUT2D eigenvalue weighted by atomic mass is 9.87. The van der Waals surface area contributed by atoms with Crippen molar-refractivity contribution in [2.45, 2.75) is 32.6 Å². The van der Waals surface area contributed by atoms with Crippen molar-refractivity contribution in [2.75, 3.05) is 18.4 Å². The van der Waals surface area contributed by atoms with Crippen molar-refractivity contribution in [1.82, 2.24) is 5.32 Å². The molecule has 0 saturated carbocycles. The SMILES string of the molecule is CC(C)(C)c1ccc(C(=O)NCCCNc2ccccc2)cc1. The number of anilines is 1. The molecule has 2 N–H and O–H groups in total. The largest absolute Gasteiger partial charge is 0.385 e. The van der Waals surface area contributed by atoms with E-state index in [1.54, 1.807) is 0 Å². The Labute approximate surface area is 139 Å². The number of hydrogen-bond acceptors (Lipinski definition) is 2. The van der Waals surface area contributed by atoms with Gasteiger partial charge in [0.15, 0.2) is 0 Å². The zero-order valence-corrected chi connectivity index (χ0v) is 14.2. The highest BCUT2D eigenvalue weighted by Crippen LogP contribution is 2.22. The normalized spacial score (nSPS) is 11.1. The zero-order chi connectivity index (χ0) is 16.7. The summed E-state index contributed by atoms with van der Waals surface area (Å²) in [5, 5.41) is 6.30. The van der Waals surface area contributed by atoms with Crippen LogP contribution in [-0.2, 0) is 5.41 Å². The molecular weight excluding hydrogens is 284 g/mol. The van der Waals surface area contributed by atoms with Gasteiger partial charge in [0, 0.05) is 24.3 Å². The Bertz CT molecular complexity index is 612. The zero-order valence-electron chi connectivity index (χ0n) is 14.2. The second kappa shape index (κ2) is 7.82. The molecule has 0 aliphatic heterocycles. The van der Waals surface area contributed by atoms with Gasteiger partial charge in [0.1, 0.15) is 0 Å². The van der Waals surface area contributed by atoms with E-state index < -0.39 is 0 Å². The minimum absolute atomic E-state index is 0.00910. The van der Waals surface area contributed by atoms with E-state index in [9.17, 15) is 4.79 Å². The molecule has 0 atom stereocenters. The van der Waals surface area contributed by atoms with Crippen LogP contribution in [0, 0.1) is 0 Å².